The molecule has 0 fully saturated rings. The van der Waals surface area contributed by atoms with Crippen LogP contribution in [0.5, 0.6) is 0 Å². The van der Waals surface area contributed by atoms with Gasteiger partial charge in [0.25, 0.3) is 0 Å². The minimum absolute atomic E-state index is 0.0556. The summed E-state index contributed by atoms with van der Waals surface area (Å²) >= 11 is 0. The van der Waals surface area contributed by atoms with E-state index in [-0.39, 0.29) is 22.9 Å². The molecule has 35 heavy (non-hydrogen) atoms. The average Bonchev–Trinajstić information content (AvgIpc) is 2.73. The number of aryl methyl sites for hydroxylation is 2. The highest BCUT2D eigenvalue weighted by molar-refractivity contribution is 7.92. The van der Waals surface area contributed by atoms with Gasteiger partial charge in [-0.05, 0) is 76.3 Å². The maximum Gasteiger partial charge on any atom is 0.399 e. The average molecular weight is 516 g/mol. The molecule has 11 heteroatoms. The highest BCUT2D eigenvalue weighted by atomic mass is 32.2. The number of benzene rings is 1. The van der Waals surface area contributed by atoms with Crippen LogP contribution < -0.4 is 10.0 Å². The normalized spacial score (nSPS) is 17.5. The van der Waals surface area contributed by atoms with Crippen LogP contribution in [0.4, 0.5) is 23.2 Å². The first-order valence-electron chi connectivity index (χ1n) is 11.1. The first-order valence-corrected chi connectivity index (χ1v) is 13.0. The van der Waals surface area contributed by atoms with E-state index >= 15 is 0 Å². The standard InChI is InChI=1S/C24H29F4N3O3S/c1-13-10-17(18(25)12-20(13)31-35(5,33)34)14(2)29-22(32)16-6-8-19-15(11-16)7-9-21(30-19)23(3,4)24(26,27)28/h7,9-10,12,14,16,31H,6,8,11H2,1-5H3,(H,29,32)/t14-,16+/m1/s1. The lowest BCUT2D eigenvalue weighted by Gasteiger charge is -2.30. The van der Waals surface area contributed by atoms with Crippen LogP contribution in [0.25, 0.3) is 0 Å². The number of alkyl halides is 3. The number of aromatic nitrogens is 1. The van der Waals surface area contributed by atoms with Crippen LogP contribution in [0, 0.1) is 18.7 Å². The molecule has 2 N–H and O–H groups in total. The number of nitrogens with one attached hydrogen (secondary N) is 2. The quantitative estimate of drug-likeness (QED) is 0.545. The minimum atomic E-state index is -4.44. The molecule has 1 heterocycles. The lowest BCUT2D eigenvalue weighted by molar-refractivity contribution is -0.181. The zero-order valence-corrected chi connectivity index (χ0v) is 21.0. The highest BCUT2D eigenvalue weighted by Gasteiger charge is 2.49. The maximum atomic E-state index is 14.7. The molecule has 2 atom stereocenters. The van der Waals surface area contributed by atoms with Gasteiger partial charge < -0.3 is 5.32 Å². The third kappa shape index (κ3) is 5.94. The molecule has 0 aliphatic heterocycles. The Hall–Kier alpha value is -2.69. The number of carbonyl (C=O) groups is 1. The van der Waals surface area contributed by atoms with Gasteiger partial charge in [0.1, 0.15) is 11.2 Å². The number of halogens is 4. The van der Waals surface area contributed by atoms with Crippen molar-refractivity contribution in [3.63, 3.8) is 0 Å². The number of nitrogens with zero attached hydrogens (tertiary/aromatic N) is 1. The van der Waals surface area contributed by atoms with Gasteiger partial charge in [-0.3, -0.25) is 14.5 Å². The summed E-state index contributed by atoms with van der Waals surface area (Å²) in [5, 5.41) is 2.80. The van der Waals surface area contributed by atoms with E-state index in [2.05, 4.69) is 15.0 Å². The Kier molecular flexibility index (Phi) is 7.23. The van der Waals surface area contributed by atoms with Crippen molar-refractivity contribution in [2.75, 3.05) is 11.0 Å². The molecule has 0 bridgehead atoms. The molecule has 1 aromatic heterocycles. The van der Waals surface area contributed by atoms with E-state index in [0.717, 1.165) is 31.7 Å². The Labute approximate surface area is 202 Å². The largest absolute Gasteiger partial charge is 0.399 e. The molecule has 6 nitrogen and oxygen atoms in total. The van der Waals surface area contributed by atoms with Crippen molar-refractivity contribution in [1.82, 2.24) is 10.3 Å². The molecule has 0 saturated heterocycles. The molecule has 192 valence electrons. The lowest BCUT2D eigenvalue weighted by Crippen LogP contribution is -2.38. The van der Waals surface area contributed by atoms with E-state index in [1.54, 1.807) is 19.9 Å². The number of hydrogen-bond acceptors (Lipinski definition) is 4. The Balaban J connectivity index is 1.72. The molecule has 0 unspecified atom stereocenters. The molecule has 1 amide bonds. The summed E-state index contributed by atoms with van der Waals surface area (Å²) in [7, 11) is -3.57. The molecule has 0 saturated carbocycles. The van der Waals surface area contributed by atoms with Crippen LogP contribution in [0.1, 0.15) is 61.3 Å². The van der Waals surface area contributed by atoms with Crippen molar-refractivity contribution in [3.05, 3.63) is 58.2 Å². The zero-order valence-electron chi connectivity index (χ0n) is 20.2. The minimum Gasteiger partial charge on any atom is -0.349 e. The van der Waals surface area contributed by atoms with E-state index in [0.29, 0.717) is 30.5 Å². The molecule has 3 rings (SSSR count). The Morgan fingerprint density at radius 2 is 1.86 bits per heavy atom. The van der Waals surface area contributed by atoms with Crippen molar-refractivity contribution in [1.29, 1.82) is 0 Å². The summed E-state index contributed by atoms with van der Waals surface area (Å²) in [6.07, 6.45) is -2.37. The van der Waals surface area contributed by atoms with Crippen LogP contribution in [-0.4, -0.2) is 31.7 Å². The second kappa shape index (κ2) is 9.40. The Morgan fingerprint density at radius 3 is 2.46 bits per heavy atom. The number of carbonyl (C=O) groups excluding carboxylic acids is 1. The van der Waals surface area contributed by atoms with Gasteiger partial charge in [0.2, 0.25) is 15.9 Å². The molecular weight excluding hydrogens is 486 g/mol. The first kappa shape index (κ1) is 26.9. The smallest absolute Gasteiger partial charge is 0.349 e. The summed E-state index contributed by atoms with van der Waals surface area (Å²) in [5.74, 6) is -1.38. The molecule has 1 aromatic carbocycles. The van der Waals surface area contributed by atoms with Gasteiger partial charge in [-0.25, -0.2) is 12.8 Å². The van der Waals surface area contributed by atoms with Gasteiger partial charge in [0, 0.05) is 17.2 Å². The van der Waals surface area contributed by atoms with Crippen molar-refractivity contribution in [3.8, 4) is 0 Å². The number of hydrogen-bond donors (Lipinski definition) is 2. The molecular formula is C24H29F4N3O3S. The molecule has 0 spiro atoms. The van der Waals surface area contributed by atoms with E-state index < -0.39 is 39.4 Å². The van der Waals surface area contributed by atoms with Crippen LogP contribution in [0.3, 0.4) is 0 Å². The summed E-state index contributed by atoms with van der Waals surface area (Å²) in [6.45, 7) is 5.44. The molecule has 0 radical (unpaired) electrons. The fourth-order valence-electron chi connectivity index (χ4n) is 4.08. The number of fused-ring (bicyclic) bond motifs is 1. The van der Waals surface area contributed by atoms with Crippen molar-refractivity contribution in [2.24, 2.45) is 5.92 Å². The van der Waals surface area contributed by atoms with Crippen molar-refractivity contribution >= 4 is 21.6 Å². The monoisotopic (exact) mass is 515 g/mol. The number of anilines is 1. The summed E-state index contributed by atoms with van der Waals surface area (Å²) in [6, 6.07) is 4.85. The lowest BCUT2D eigenvalue weighted by atomic mass is 9.83. The zero-order chi connectivity index (χ0) is 26.3. The first-order chi connectivity index (χ1) is 16.0. The molecule has 1 aliphatic carbocycles. The van der Waals surface area contributed by atoms with E-state index in [1.165, 1.54) is 12.1 Å². The predicted molar refractivity (Wildman–Crippen MR) is 125 cm³/mol. The number of amides is 1. The van der Waals surface area contributed by atoms with E-state index in [1.807, 2.05) is 0 Å². The van der Waals surface area contributed by atoms with Gasteiger partial charge >= 0.3 is 6.18 Å². The summed E-state index contributed by atoms with van der Waals surface area (Å²) in [4.78, 5) is 17.2. The fourth-order valence-corrected chi connectivity index (χ4v) is 4.70. The molecule has 2 aromatic rings. The number of rotatable bonds is 6. The Bertz CT molecular complexity index is 1240. The van der Waals surface area contributed by atoms with Crippen LogP contribution in [0.2, 0.25) is 0 Å². The third-order valence-electron chi connectivity index (χ3n) is 6.45. The van der Waals surface area contributed by atoms with Crippen molar-refractivity contribution in [2.45, 2.75) is 64.6 Å². The Morgan fingerprint density at radius 1 is 1.20 bits per heavy atom. The van der Waals surface area contributed by atoms with E-state index in [9.17, 15) is 30.8 Å². The number of sulfonamides is 1. The second-order valence-corrected chi connectivity index (χ2v) is 11.4. The van der Waals surface area contributed by atoms with Gasteiger partial charge in [-0.15, -0.1) is 0 Å². The van der Waals surface area contributed by atoms with E-state index in [4.69, 9.17) is 0 Å². The van der Waals surface area contributed by atoms with Crippen LogP contribution >= 0.6 is 0 Å². The molecule has 1 aliphatic rings. The van der Waals surface area contributed by atoms with Crippen LogP contribution in [0.15, 0.2) is 24.3 Å². The van der Waals surface area contributed by atoms with Gasteiger partial charge in [0.05, 0.1) is 23.7 Å². The van der Waals surface area contributed by atoms with Crippen molar-refractivity contribution < 1.29 is 30.8 Å². The maximum absolute atomic E-state index is 14.7. The third-order valence-corrected chi connectivity index (χ3v) is 7.04. The second-order valence-electron chi connectivity index (χ2n) is 9.66. The highest BCUT2D eigenvalue weighted by Crippen LogP contribution is 2.40. The van der Waals surface area contributed by atoms with Crippen LogP contribution in [-0.2, 0) is 33.1 Å². The summed E-state index contributed by atoms with van der Waals surface area (Å²) < 4.78 is 80.0. The topological polar surface area (TPSA) is 88.2 Å². The fraction of sp³-hybridized carbons (Fsp3) is 0.500. The number of pyridine rings is 1. The predicted octanol–water partition coefficient (Wildman–Crippen LogP) is 4.72. The van der Waals surface area contributed by atoms with Gasteiger partial charge in [-0.1, -0.05) is 6.07 Å². The van der Waals surface area contributed by atoms with Gasteiger partial charge in [-0.2, -0.15) is 13.2 Å². The summed E-state index contributed by atoms with van der Waals surface area (Å²) in [5.41, 5.74) is -0.0107. The SMILES string of the molecule is Cc1cc([C@@H](C)NC(=O)[C@H]2CCc3nc(C(C)(C)C(F)(F)F)ccc3C2)c(F)cc1NS(C)(=O)=O. The van der Waals surface area contributed by atoms with Gasteiger partial charge in [0.15, 0.2) is 0 Å².